The van der Waals surface area contributed by atoms with Gasteiger partial charge in [-0.2, -0.15) is 0 Å². The molecule has 2 aromatic carbocycles. The molecule has 4 aliphatic rings. The van der Waals surface area contributed by atoms with E-state index in [1.807, 2.05) is 48.5 Å². The Morgan fingerprint density at radius 3 is 2.66 bits per heavy atom. The van der Waals surface area contributed by atoms with Crippen LogP contribution in [0.4, 0.5) is 5.69 Å². The lowest BCUT2D eigenvalue weighted by atomic mass is 9.92. The van der Waals surface area contributed by atoms with Crippen LogP contribution >= 0.6 is 0 Å². The predicted molar refractivity (Wildman–Crippen MR) is 105 cm³/mol. The van der Waals surface area contributed by atoms with Gasteiger partial charge in [0.15, 0.2) is 0 Å². The number of nitrogens with zero attached hydrogens (tertiary/aromatic N) is 3. The molecule has 3 unspecified atom stereocenters. The van der Waals surface area contributed by atoms with E-state index in [-0.39, 0.29) is 23.6 Å². The smallest absolute Gasteiger partial charge is 0.291 e. The molecule has 7 nitrogen and oxygen atoms in total. The third-order valence-electron chi connectivity index (χ3n) is 6.55. The summed E-state index contributed by atoms with van der Waals surface area (Å²) in [6, 6.07) is 17.9. The van der Waals surface area contributed by atoms with Gasteiger partial charge in [0, 0.05) is 31.0 Å². The second-order valence-corrected chi connectivity index (χ2v) is 8.09. The van der Waals surface area contributed by atoms with Crippen molar-refractivity contribution in [1.29, 1.82) is 0 Å². The van der Waals surface area contributed by atoms with Gasteiger partial charge in [-0.1, -0.05) is 48.5 Å². The number of anilines is 1. The summed E-state index contributed by atoms with van der Waals surface area (Å²) in [6.45, 7) is 0. The molecule has 3 aromatic rings. The molecule has 2 N–H and O–H groups in total. The summed E-state index contributed by atoms with van der Waals surface area (Å²) < 4.78 is 0. The van der Waals surface area contributed by atoms with Gasteiger partial charge >= 0.3 is 0 Å². The van der Waals surface area contributed by atoms with Crippen LogP contribution in [0.2, 0.25) is 0 Å². The highest BCUT2D eigenvalue weighted by Gasteiger charge is 2.89. The van der Waals surface area contributed by atoms with E-state index in [0.29, 0.717) is 18.2 Å². The van der Waals surface area contributed by atoms with Gasteiger partial charge in [-0.3, -0.25) is 14.7 Å². The van der Waals surface area contributed by atoms with Crippen LogP contribution in [0, 0.1) is 11.8 Å². The van der Waals surface area contributed by atoms with E-state index in [1.165, 1.54) is 5.56 Å². The Morgan fingerprint density at radius 1 is 1.14 bits per heavy atom. The van der Waals surface area contributed by atoms with Crippen LogP contribution in [0.3, 0.4) is 0 Å². The minimum absolute atomic E-state index is 0.0536. The highest BCUT2D eigenvalue weighted by atomic mass is 16.2. The SMILES string of the molecule is CN1C(=O)C2(NC(=O)c3n[nH]c(Cc4ccccc4)n3)C3C(c4ccccc41)[C@H]32. The van der Waals surface area contributed by atoms with Crippen molar-refractivity contribution in [3.8, 4) is 0 Å². The summed E-state index contributed by atoms with van der Waals surface area (Å²) in [5.41, 5.74) is 2.41. The summed E-state index contributed by atoms with van der Waals surface area (Å²) >= 11 is 0. The van der Waals surface area contributed by atoms with Gasteiger partial charge in [-0.15, -0.1) is 5.10 Å². The number of nitrogens with one attached hydrogen (secondary N) is 2. The van der Waals surface area contributed by atoms with Crippen molar-refractivity contribution < 1.29 is 9.59 Å². The van der Waals surface area contributed by atoms with Crippen LogP contribution in [-0.2, 0) is 11.2 Å². The lowest BCUT2D eigenvalue weighted by Gasteiger charge is -2.26. The molecule has 2 amide bonds. The fourth-order valence-corrected chi connectivity index (χ4v) is 5.06. The maximum absolute atomic E-state index is 13.2. The minimum atomic E-state index is -0.810. The Kier molecular flexibility index (Phi) is 3.14. The van der Waals surface area contributed by atoms with E-state index < -0.39 is 11.4 Å². The van der Waals surface area contributed by atoms with Crippen molar-refractivity contribution in [2.75, 3.05) is 11.9 Å². The number of hydrogen-bond acceptors (Lipinski definition) is 4. The van der Waals surface area contributed by atoms with Crippen molar-refractivity contribution in [3.63, 3.8) is 0 Å². The van der Waals surface area contributed by atoms with Gasteiger partial charge in [0.25, 0.3) is 11.8 Å². The molecule has 2 saturated carbocycles. The molecule has 3 heterocycles. The molecule has 0 spiro atoms. The van der Waals surface area contributed by atoms with Crippen LogP contribution in [0.5, 0.6) is 0 Å². The van der Waals surface area contributed by atoms with E-state index in [1.54, 1.807) is 11.9 Å². The molecule has 7 rings (SSSR count). The number of benzene rings is 2. The maximum atomic E-state index is 13.2. The van der Waals surface area contributed by atoms with Crippen LogP contribution in [0.1, 0.15) is 33.5 Å². The molecule has 4 atom stereocenters. The Morgan fingerprint density at radius 2 is 1.86 bits per heavy atom. The number of rotatable bonds is 4. The van der Waals surface area contributed by atoms with E-state index >= 15 is 0 Å². The van der Waals surface area contributed by atoms with Gasteiger partial charge in [-0.05, 0) is 23.1 Å². The second kappa shape index (κ2) is 5.53. The minimum Gasteiger partial charge on any atom is -0.334 e. The Labute approximate surface area is 167 Å². The molecule has 29 heavy (non-hydrogen) atoms. The zero-order valence-electron chi connectivity index (χ0n) is 15.8. The van der Waals surface area contributed by atoms with Crippen molar-refractivity contribution in [2.24, 2.45) is 11.8 Å². The van der Waals surface area contributed by atoms with Crippen LogP contribution in [-0.4, -0.2) is 39.6 Å². The lowest BCUT2D eigenvalue weighted by Crippen LogP contribution is -2.54. The van der Waals surface area contributed by atoms with Gasteiger partial charge < -0.3 is 10.2 Å². The van der Waals surface area contributed by atoms with Gasteiger partial charge in [-0.25, -0.2) is 4.98 Å². The number of aromatic nitrogens is 3. The van der Waals surface area contributed by atoms with Gasteiger partial charge in [0.05, 0.1) is 0 Å². The number of H-pyrrole nitrogens is 1. The third-order valence-corrected chi connectivity index (χ3v) is 6.55. The molecule has 1 aromatic heterocycles. The predicted octanol–water partition coefficient (Wildman–Crippen LogP) is 1.88. The summed E-state index contributed by atoms with van der Waals surface area (Å²) in [7, 11) is 1.78. The molecule has 144 valence electrons. The first-order valence-corrected chi connectivity index (χ1v) is 9.76. The second-order valence-electron chi connectivity index (χ2n) is 8.09. The normalized spacial score (nSPS) is 28.2. The Bertz CT molecular complexity index is 1140. The molecule has 2 aliphatic heterocycles. The Balaban J connectivity index is 1.22. The molecule has 7 heteroatoms. The number of carbonyl (C=O) groups is 2. The van der Waals surface area contributed by atoms with Crippen molar-refractivity contribution in [3.05, 3.63) is 77.4 Å². The standard InChI is InChI=1S/C22H19N5O2/c1-27-14-10-6-5-9-13(14)16-17-18(16)22(17,21(27)29)24-20(28)19-23-15(25-26-19)11-12-7-3-2-4-8-12/h2-10,16-18H,11H2,1H3,(H,24,28)(H,23,25,26)/t16?,17-,18?,22?/m1/s1. The van der Waals surface area contributed by atoms with E-state index in [9.17, 15) is 9.59 Å². The first-order chi connectivity index (χ1) is 14.1. The number of para-hydroxylation sites is 1. The van der Waals surface area contributed by atoms with E-state index in [0.717, 1.165) is 11.3 Å². The first-order valence-electron chi connectivity index (χ1n) is 9.76. The lowest BCUT2D eigenvalue weighted by molar-refractivity contribution is -0.122. The number of fused-ring (bicyclic) bond motifs is 1. The summed E-state index contributed by atoms with van der Waals surface area (Å²) in [5, 5.41) is 9.87. The summed E-state index contributed by atoms with van der Waals surface area (Å²) in [6.07, 6.45) is 0.566. The number of carbonyl (C=O) groups excluding carboxylic acids is 2. The average Bonchev–Trinajstić information content (AvgIpc) is 3.60. The van der Waals surface area contributed by atoms with E-state index in [2.05, 4.69) is 26.6 Å². The molecule has 2 bridgehead atoms. The fraction of sp³-hybridized carbons (Fsp3) is 0.273. The van der Waals surface area contributed by atoms with E-state index in [4.69, 9.17) is 0 Å². The van der Waals surface area contributed by atoms with Crippen molar-refractivity contribution >= 4 is 17.5 Å². The Hall–Kier alpha value is -3.48. The molecule has 0 radical (unpaired) electrons. The topological polar surface area (TPSA) is 91.0 Å². The fourth-order valence-electron chi connectivity index (χ4n) is 5.06. The largest absolute Gasteiger partial charge is 0.334 e. The first kappa shape index (κ1) is 16.5. The van der Waals surface area contributed by atoms with Gasteiger partial charge in [0.2, 0.25) is 5.82 Å². The number of hydrogen-bond donors (Lipinski definition) is 2. The summed E-state index contributed by atoms with van der Waals surface area (Å²) in [5.74, 6) is 0.933. The highest BCUT2D eigenvalue weighted by Crippen LogP contribution is 2.82. The molecule has 2 fully saturated rings. The third kappa shape index (κ3) is 2.18. The van der Waals surface area contributed by atoms with Gasteiger partial charge in [0.1, 0.15) is 11.4 Å². The molecule has 0 saturated heterocycles. The average molecular weight is 385 g/mol. The maximum Gasteiger partial charge on any atom is 0.291 e. The zero-order valence-corrected chi connectivity index (χ0v) is 15.8. The highest BCUT2D eigenvalue weighted by molar-refractivity contribution is 6.11. The van der Waals surface area contributed by atoms with Crippen LogP contribution in [0.25, 0.3) is 0 Å². The summed E-state index contributed by atoms with van der Waals surface area (Å²) in [4.78, 5) is 32.0. The number of likely N-dealkylation sites (N-methyl/N-ethyl adjacent to an activating group) is 1. The van der Waals surface area contributed by atoms with Crippen molar-refractivity contribution in [2.45, 2.75) is 17.9 Å². The van der Waals surface area contributed by atoms with Crippen LogP contribution in [0.15, 0.2) is 54.6 Å². The molecule has 2 aliphatic carbocycles. The number of aromatic amines is 1. The van der Waals surface area contributed by atoms with Crippen molar-refractivity contribution in [1.82, 2.24) is 20.5 Å². The number of amides is 2. The molecular weight excluding hydrogens is 366 g/mol. The monoisotopic (exact) mass is 385 g/mol. The quantitative estimate of drug-likeness (QED) is 0.718. The van der Waals surface area contributed by atoms with Crippen LogP contribution < -0.4 is 10.2 Å². The molecular formula is C22H19N5O2. The zero-order chi connectivity index (χ0) is 19.8.